The van der Waals surface area contributed by atoms with Crippen LogP contribution >= 0.6 is 48.0 Å². The molecule has 0 amide bonds. The average molecular weight is 669 g/mol. The standard InChI is InChI=1S/2C17H26ClN.2ClH.2H2O/c2*1-13(2)12-16(19(3)4)17(10-5-11-17)14-6-8-15(18)9-7-14;;;;/h2*6-9,13,16H,5,10-12H2,1-4H3;2*1H;2*1H2. The molecule has 0 saturated heterocycles. The number of hydrogen-bond acceptors (Lipinski definition) is 2. The van der Waals surface area contributed by atoms with Gasteiger partial charge in [0.2, 0.25) is 0 Å². The molecule has 2 aromatic carbocycles. The lowest BCUT2D eigenvalue weighted by Gasteiger charge is -2.51. The van der Waals surface area contributed by atoms with Gasteiger partial charge in [-0.3, -0.25) is 0 Å². The van der Waals surface area contributed by atoms with Crippen molar-refractivity contribution in [2.24, 2.45) is 11.8 Å². The summed E-state index contributed by atoms with van der Waals surface area (Å²) in [5.74, 6) is 1.47. The monoisotopic (exact) mass is 666 g/mol. The normalized spacial score (nSPS) is 17.7. The summed E-state index contributed by atoms with van der Waals surface area (Å²) in [7, 11) is 8.90. The van der Waals surface area contributed by atoms with Crippen molar-refractivity contribution >= 4 is 48.0 Å². The van der Waals surface area contributed by atoms with E-state index in [2.05, 4.69) is 90.0 Å². The first-order valence-electron chi connectivity index (χ1n) is 14.8. The Hall–Kier alpha value is -0.560. The minimum atomic E-state index is 0. The predicted octanol–water partition coefficient (Wildman–Crippen LogP) is 8.67. The maximum Gasteiger partial charge on any atom is 0.0406 e. The van der Waals surface area contributed by atoms with Crippen LogP contribution in [-0.4, -0.2) is 61.0 Å². The third-order valence-electron chi connectivity index (χ3n) is 9.24. The molecule has 2 aromatic rings. The van der Waals surface area contributed by atoms with Crippen LogP contribution in [0.4, 0.5) is 0 Å². The first kappa shape index (κ1) is 43.6. The maximum atomic E-state index is 6.04. The Morgan fingerprint density at radius 2 is 0.833 bits per heavy atom. The zero-order valence-electron chi connectivity index (χ0n) is 27.1. The highest BCUT2D eigenvalue weighted by atomic mass is 35.5. The highest BCUT2D eigenvalue weighted by Gasteiger charge is 2.47. The van der Waals surface area contributed by atoms with E-state index < -0.39 is 0 Å². The minimum Gasteiger partial charge on any atom is -0.412 e. The van der Waals surface area contributed by atoms with Crippen LogP contribution in [0.15, 0.2) is 48.5 Å². The van der Waals surface area contributed by atoms with Crippen molar-refractivity contribution < 1.29 is 11.0 Å². The molecule has 0 radical (unpaired) electrons. The Morgan fingerprint density at radius 3 is 1.00 bits per heavy atom. The average Bonchev–Trinajstić information content (AvgIpc) is 2.78. The Bertz CT molecular complexity index is 908. The molecule has 4 N–H and O–H groups in total. The summed E-state index contributed by atoms with van der Waals surface area (Å²) in [5, 5.41) is 1.67. The van der Waals surface area contributed by atoms with Gasteiger partial charge in [-0.15, -0.1) is 24.8 Å². The zero-order chi connectivity index (χ0) is 28.1. The van der Waals surface area contributed by atoms with E-state index in [4.69, 9.17) is 23.2 Å². The minimum absolute atomic E-state index is 0. The Morgan fingerprint density at radius 1 is 0.571 bits per heavy atom. The summed E-state index contributed by atoms with van der Waals surface area (Å²) in [6.45, 7) is 9.30. The fourth-order valence-corrected chi connectivity index (χ4v) is 7.31. The highest BCUT2D eigenvalue weighted by Crippen LogP contribution is 2.50. The van der Waals surface area contributed by atoms with Crippen LogP contribution in [0.5, 0.6) is 0 Å². The molecule has 244 valence electrons. The molecular formula is C34H58Cl4N2O2. The number of likely N-dealkylation sites (N-methyl/N-ethyl adjacent to an activating group) is 2. The molecule has 2 saturated carbocycles. The van der Waals surface area contributed by atoms with Crippen molar-refractivity contribution in [1.29, 1.82) is 0 Å². The summed E-state index contributed by atoms with van der Waals surface area (Å²) in [5.41, 5.74) is 3.64. The smallest absolute Gasteiger partial charge is 0.0406 e. The number of nitrogens with zero attached hydrogens (tertiary/aromatic N) is 2. The molecule has 8 heteroatoms. The van der Waals surface area contributed by atoms with Crippen LogP contribution in [0.3, 0.4) is 0 Å². The topological polar surface area (TPSA) is 69.5 Å². The van der Waals surface area contributed by atoms with Crippen molar-refractivity contribution in [1.82, 2.24) is 9.80 Å². The van der Waals surface area contributed by atoms with Crippen LogP contribution in [0.2, 0.25) is 10.0 Å². The molecule has 2 fully saturated rings. The Balaban J connectivity index is 0. The van der Waals surface area contributed by atoms with Crippen molar-refractivity contribution in [2.75, 3.05) is 28.2 Å². The molecule has 4 nitrogen and oxygen atoms in total. The number of benzene rings is 2. The van der Waals surface area contributed by atoms with E-state index in [1.165, 1.54) is 62.5 Å². The second-order valence-corrected chi connectivity index (χ2v) is 14.1. The molecule has 0 aromatic heterocycles. The molecule has 2 aliphatic rings. The lowest BCUT2D eigenvalue weighted by atomic mass is 9.58. The van der Waals surface area contributed by atoms with E-state index in [1.54, 1.807) is 0 Å². The lowest BCUT2D eigenvalue weighted by molar-refractivity contribution is 0.0808. The maximum absolute atomic E-state index is 6.04. The number of hydrogen-bond donors (Lipinski definition) is 0. The van der Waals surface area contributed by atoms with Crippen molar-refractivity contribution in [2.45, 2.75) is 102 Å². The molecule has 0 bridgehead atoms. The number of halogens is 4. The lowest BCUT2D eigenvalue weighted by Crippen LogP contribution is -2.52. The summed E-state index contributed by atoms with van der Waals surface area (Å²) >= 11 is 12.1. The second-order valence-electron chi connectivity index (χ2n) is 13.3. The Labute approximate surface area is 279 Å². The third kappa shape index (κ3) is 10.2. The van der Waals surface area contributed by atoms with Gasteiger partial charge in [-0.1, -0.05) is 88.0 Å². The molecule has 0 heterocycles. The summed E-state index contributed by atoms with van der Waals surface area (Å²) in [4.78, 5) is 4.85. The van der Waals surface area contributed by atoms with Gasteiger partial charge in [0.05, 0.1) is 0 Å². The van der Waals surface area contributed by atoms with Crippen LogP contribution in [0.25, 0.3) is 0 Å². The van der Waals surface area contributed by atoms with Gasteiger partial charge in [-0.2, -0.15) is 0 Å². The molecule has 0 aliphatic heterocycles. The van der Waals surface area contributed by atoms with Crippen LogP contribution in [0, 0.1) is 11.8 Å². The van der Waals surface area contributed by atoms with Gasteiger partial charge in [0.1, 0.15) is 0 Å². The summed E-state index contributed by atoms with van der Waals surface area (Å²) < 4.78 is 0. The van der Waals surface area contributed by atoms with E-state index in [0.717, 1.165) is 21.9 Å². The van der Waals surface area contributed by atoms with Gasteiger partial charge >= 0.3 is 0 Å². The molecule has 2 atom stereocenters. The third-order valence-corrected chi connectivity index (χ3v) is 9.75. The second kappa shape index (κ2) is 19.1. The van der Waals surface area contributed by atoms with Crippen molar-refractivity contribution in [3.05, 3.63) is 69.7 Å². The zero-order valence-corrected chi connectivity index (χ0v) is 30.2. The van der Waals surface area contributed by atoms with Crippen molar-refractivity contribution in [3.63, 3.8) is 0 Å². The van der Waals surface area contributed by atoms with Crippen LogP contribution in [-0.2, 0) is 10.8 Å². The van der Waals surface area contributed by atoms with Crippen molar-refractivity contribution in [3.8, 4) is 0 Å². The molecule has 2 aliphatic carbocycles. The van der Waals surface area contributed by atoms with Gasteiger partial charge in [0.15, 0.2) is 0 Å². The fourth-order valence-electron chi connectivity index (χ4n) is 7.06. The SMILES string of the molecule is CC(C)CC(N(C)C)C1(c2ccc(Cl)cc2)CCC1.CC(C)CC(N(C)C)C1(c2ccc(Cl)cc2)CCC1.Cl.Cl.O.O. The summed E-state index contributed by atoms with van der Waals surface area (Å²) in [6, 6.07) is 18.4. The van der Waals surface area contributed by atoms with Crippen LogP contribution < -0.4 is 0 Å². The molecule has 2 unspecified atom stereocenters. The largest absolute Gasteiger partial charge is 0.412 e. The predicted molar refractivity (Wildman–Crippen MR) is 190 cm³/mol. The van der Waals surface area contributed by atoms with E-state index in [0.29, 0.717) is 22.9 Å². The molecule has 4 rings (SSSR count). The van der Waals surface area contributed by atoms with E-state index >= 15 is 0 Å². The Kier molecular flexibility index (Phi) is 19.8. The summed E-state index contributed by atoms with van der Waals surface area (Å²) in [6.07, 6.45) is 10.5. The highest BCUT2D eigenvalue weighted by molar-refractivity contribution is 6.30. The van der Waals surface area contributed by atoms with E-state index in [9.17, 15) is 0 Å². The number of rotatable bonds is 10. The van der Waals surface area contributed by atoms with Gasteiger partial charge in [0, 0.05) is 33.0 Å². The first-order chi connectivity index (χ1) is 17.9. The van der Waals surface area contributed by atoms with E-state index in [-0.39, 0.29) is 35.8 Å². The molecular weight excluding hydrogens is 610 g/mol. The quantitative estimate of drug-likeness (QED) is 0.254. The van der Waals surface area contributed by atoms with Gasteiger partial charge in [-0.25, -0.2) is 0 Å². The first-order valence-corrected chi connectivity index (χ1v) is 15.5. The van der Waals surface area contributed by atoms with Gasteiger partial charge < -0.3 is 20.8 Å². The van der Waals surface area contributed by atoms with E-state index in [1.807, 2.05) is 24.3 Å². The molecule has 0 spiro atoms. The fraction of sp³-hybridized carbons (Fsp3) is 0.647. The van der Waals surface area contributed by atoms with Crippen LogP contribution in [0.1, 0.15) is 90.2 Å². The van der Waals surface area contributed by atoms with Gasteiger partial charge in [0.25, 0.3) is 0 Å². The van der Waals surface area contributed by atoms with Gasteiger partial charge in [-0.05, 0) is 114 Å². The molecule has 42 heavy (non-hydrogen) atoms.